The van der Waals surface area contributed by atoms with E-state index in [0.29, 0.717) is 25.1 Å². The highest BCUT2D eigenvalue weighted by Crippen LogP contribution is 2.13. The fourth-order valence-corrected chi connectivity index (χ4v) is 2.61. The first-order valence-electron chi connectivity index (χ1n) is 9.53. The number of aryl methyl sites for hydroxylation is 1. The van der Waals surface area contributed by atoms with Crippen molar-refractivity contribution in [2.45, 2.75) is 39.2 Å². The molecule has 6 nitrogen and oxygen atoms in total. The third-order valence-corrected chi connectivity index (χ3v) is 4.16. The van der Waals surface area contributed by atoms with Gasteiger partial charge in [-0.25, -0.2) is 0 Å². The molecule has 1 atom stereocenters. The van der Waals surface area contributed by atoms with Crippen molar-refractivity contribution >= 4 is 17.5 Å². The van der Waals surface area contributed by atoms with Crippen LogP contribution in [0.5, 0.6) is 5.75 Å². The number of benzene rings is 2. The maximum Gasteiger partial charge on any atom is 0.262 e. The van der Waals surface area contributed by atoms with Gasteiger partial charge >= 0.3 is 0 Å². The quantitative estimate of drug-likeness (QED) is 0.588. The molecule has 0 aliphatic heterocycles. The number of anilines is 1. The molecule has 2 aromatic carbocycles. The minimum Gasteiger partial charge on any atom is -0.484 e. The molecule has 0 aromatic heterocycles. The lowest BCUT2D eigenvalue weighted by molar-refractivity contribution is -0.121. The summed E-state index contributed by atoms with van der Waals surface area (Å²) in [6, 6.07) is 15.2. The van der Waals surface area contributed by atoms with Crippen LogP contribution in [0.1, 0.15) is 30.9 Å². The second-order valence-corrected chi connectivity index (χ2v) is 6.97. The normalized spacial score (nSPS) is 11.5. The average molecular weight is 383 g/mol. The molecule has 0 fully saturated rings. The van der Waals surface area contributed by atoms with Gasteiger partial charge in [0.05, 0.1) is 0 Å². The molecular weight excluding hydrogens is 354 g/mol. The number of hydrogen-bond acceptors (Lipinski definition) is 4. The van der Waals surface area contributed by atoms with Crippen LogP contribution in [0.2, 0.25) is 0 Å². The van der Waals surface area contributed by atoms with E-state index in [0.717, 1.165) is 23.2 Å². The van der Waals surface area contributed by atoms with Gasteiger partial charge in [0.25, 0.3) is 5.91 Å². The van der Waals surface area contributed by atoms with Crippen molar-refractivity contribution < 1.29 is 14.3 Å². The zero-order valence-corrected chi connectivity index (χ0v) is 16.5. The van der Waals surface area contributed by atoms with E-state index in [1.807, 2.05) is 62.4 Å². The molecule has 2 rings (SSSR count). The van der Waals surface area contributed by atoms with Gasteiger partial charge in [-0.1, -0.05) is 24.3 Å². The van der Waals surface area contributed by atoms with Crippen LogP contribution < -0.4 is 21.1 Å². The van der Waals surface area contributed by atoms with Crippen LogP contribution >= 0.6 is 0 Å². The topological polar surface area (TPSA) is 93.5 Å². The zero-order valence-electron chi connectivity index (χ0n) is 16.5. The highest BCUT2D eigenvalue weighted by atomic mass is 16.5. The van der Waals surface area contributed by atoms with Crippen molar-refractivity contribution in [2.75, 3.05) is 18.5 Å². The third-order valence-electron chi connectivity index (χ3n) is 4.16. The number of nitrogens with two attached hydrogens (primary N) is 1. The summed E-state index contributed by atoms with van der Waals surface area (Å²) in [5.41, 5.74) is 8.57. The molecule has 150 valence electrons. The van der Waals surface area contributed by atoms with Crippen LogP contribution in [0.4, 0.5) is 5.69 Å². The second-order valence-electron chi connectivity index (χ2n) is 6.97. The van der Waals surface area contributed by atoms with E-state index in [2.05, 4.69) is 10.6 Å². The summed E-state index contributed by atoms with van der Waals surface area (Å²) < 4.78 is 5.53. The van der Waals surface area contributed by atoms with Gasteiger partial charge < -0.3 is 21.1 Å². The Kier molecular flexibility index (Phi) is 8.49. The Labute approximate surface area is 166 Å². The predicted octanol–water partition coefficient (Wildman–Crippen LogP) is 2.80. The number of amides is 2. The Morgan fingerprint density at radius 1 is 1.11 bits per heavy atom. The van der Waals surface area contributed by atoms with Gasteiger partial charge in [-0.2, -0.15) is 0 Å². The van der Waals surface area contributed by atoms with Gasteiger partial charge in [0.1, 0.15) is 5.75 Å². The molecular formula is C22H29N3O3. The van der Waals surface area contributed by atoms with Gasteiger partial charge in [0, 0.05) is 24.7 Å². The molecule has 6 heteroatoms. The van der Waals surface area contributed by atoms with Gasteiger partial charge in [-0.3, -0.25) is 9.59 Å². The van der Waals surface area contributed by atoms with Crippen LogP contribution in [0, 0.1) is 6.92 Å². The van der Waals surface area contributed by atoms with Crippen molar-refractivity contribution in [1.82, 2.24) is 5.32 Å². The molecule has 2 amide bonds. The van der Waals surface area contributed by atoms with Gasteiger partial charge in [0.2, 0.25) is 5.91 Å². The lowest BCUT2D eigenvalue weighted by Crippen LogP contribution is -2.27. The van der Waals surface area contributed by atoms with E-state index >= 15 is 0 Å². The molecule has 1 unspecified atom stereocenters. The maximum absolute atomic E-state index is 12.0. The van der Waals surface area contributed by atoms with Crippen molar-refractivity contribution in [1.29, 1.82) is 0 Å². The average Bonchev–Trinajstić information content (AvgIpc) is 2.66. The molecule has 0 aliphatic rings. The molecule has 0 heterocycles. The number of hydrogen-bond donors (Lipinski definition) is 3. The smallest absolute Gasteiger partial charge is 0.262 e. The molecule has 28 heavy (non-hydrogen) atoms. The first-order valence-corrected chi connectivity index (χ1v) is 9.53. The van der Waals surface area contributed by atoms with E-state index in [1.165, 1.54) is 0 Å². The van der Waals surface area contributed by atoms with E-state index in [9.17, 15) is 9.59 Å². The van der Waals surface area contributed by atoms with Crippen LogP contribution in [-0.2, 0) is 16.0 Å². The number of carbonyl (C=O) groups excluding carboxylic acids is 2. The number of nitrogens with one attached hydrogen (secondary N) is 2. The Balaban J connectivity index is 1.69. The first kappa shape index (κ1) is 21.4. The lowest BCUT2D eigenvalue weighted by atomic mass is 10.1. The Morgan fingerprint density at radius 3 is 2.54 bits per heavy atom. The standard InChI is InChI=1S/C22H29N3O3/c1-16-4-3-5-19(14-16)25-22(27)15-28-20-9-7-18(8-10-20)12-13-24-21(26)11-6-17(2)23/h3-5,7-10,14,17H,6,11-13,15,23H2,1-2H3,(H,24,26)(H,25,27). The summed E-state index contributed by atoms with van der Waals surface area (Å²) in [6.45, 7) is 4.39. The molecule has 0 saturated heterocycles. The summed E-state index contributed by atoms with van der Waals surface area (Å²) in [4.78, 5) is 23.6. The van der Waals surface area contributed by atoms with Crippen LogP contribution in [0.15, 0.2) is 48.5 Å². The molecule has 0 saturated carbocycles. The minimum absolute atomic E-state index is 0.0249. The monoisotopic (exact) mass is 383 g/mol. The summed E-state index contributed by atoms with van der Waals surface area (Å²) in [6.07, 6.45) is 1.88. The van der Waals surface area contributed by atoms with Crippen LogP contribution in [-0.4, -0.2) is 31.0 Å². The highest BCUT2D eigenvalue weighted by molar-refractivity contribution is 5.91. The van der Waals surface area contributed by atoms with Crippen LogP contribution in [0.3, 0.4) is 0 Å². The van der Waals surface area contributed by atoms with Crippen molar-refractivity contribution in [3.63, 3.8) is 0 Å². The summed E-state index contributed by atoms with van der Waals surface area (Å²) in [7, 11) is 0. The molecule has 0 radical (unpaired) electrons. The minimum atomic E-state index is -0.204. The molecule has 0 bridgehead atoms. The third kappa shape index (κ3) is 8.22. The molecule has 4 N–H and O–H groups in total. The van der Waals surface area contributed by atoms with E-state index in [-0.39, 0.29) is 24.5 Å². The van der Waals surface area contributed by atoms with Crippen molar-refractivity contribution in [2.24, 2.45) is 5.73 Å². The van der Waals surface area contributed by atoms with Crippen LogP contribution in [0.25, 0.3) is 0 Å². The SMILES string of the molecule is Cc1cccc(NC(=O)COc2ccc(CCNC(=O)CCC(C)N)cc2)c1. The number of carbonyl (C=O) groups is 2. The Morgan fingerprint density at radius 2 is 1.86 bits per heavy atom. The molecule has 0 aliphatic carbocycles. The zero-order chi connectivity index (χ0) is 20.4. The Bertz CT molecular complexity index is 773. The molecule has 0 spiro atoms. The summed E-state index contributed by atoms with van der Waals surface area (Å²) in [5, 5.41) is 5.70. The van der Waals surface area contributed by atoms with E-state index in [4.69, 9.17) is 10.5 Å². The largest absolute Gasteiger partial charge is 0.484 e. The van der Waals surface area contributed by atoms with Gasteiger partial charge in [-0.05, 0) is 62.1 Å². The number of ether oxygens (including phenoxy) is 1. The second kappa shape index (κ2) is 11.1. The fourth-order valence-electron chi connectivity index (χ4n) is 2.61. The van der Waals surface area contributed by atoms with Crippen molar-refractivity contribution in [3.05, 3.63) is 59.7 Å². The summed E-state index contributed by atoms with van der Waals surface area (Å²) in [5.74, 6) is 0.449. The maximum atomic E-state index is 12.0. The van der Waals surface area contributed by atoms with Crippen molar-refractivity contribution in [3.8, 4) is 5.75 Å². The van der Waals surface area contributed by atoms with Gasteiger partial charge in [0.15, 0.2) is 6.61 Å². The molecule has 2 aromatic rings. The van der Waals surface area contributed by atoms with E-state index < -0.39 is 0 Å². The predicted molar refractivity (Wildman–Crippen MR) is 111 cm³/mol. The highest BCUT2D eigenvalue weighted by Gasteiger charge is 2.05. The number of rotatable bonds is 10. The lowest BCUT2D eigenvalue weighted by Gasteiger charge is -2.09. The summed E-state index contributed by atoms with van der Waals surface area (Å²) >= 11 is 0. The fraction of sp³-hybridized carbons (Fsp3) is 0.364. The Hall–Kier alpha value is -2.86. The van der Waals surface area contributed by atoms with Gasteiger partial charge in [-0.15, -0.1) is 0 Å². The van der Waals surface area contributed by atoms with E-state index in [1.54, 1.807) is 0 Å². The first-order chi connectivity index (χ1) is 13.4.